The van der Waals surface area contributed by atoms with Gasteiger partial charge in [0.05, 0.1) is 12.8 Å². The van der Waals surface area contributed by atoms with Crippen molar-refractivity contribution in [1.82, 2.24) is 9.78 Å². The fourth-order valence-corrected chi connectivity index (χ4v) is 2.18. The molecule has 1 unspecified atom stereocenters. The van der Waals surface area contributed by atoms with Crippen molar-refractivity contribution in [3.8, 4) is 0 Å². The number of hydrogen-bond acceptors (Lipinski definition) is 2. The minimum Gasteiger partial charge on any atom is -0.396 e. The summed E-state index contributed by atoms with van der Waals surface area (Å²) in [7, 11) is 0. The number of rotatable bonds is 5. The number of aliphatic hydroxyl groups excluding tert-OH is 1. The van der Waals surface area contributed by atoms with Gasteiger partial charge in [0.2, 0.25) is 0 Å². The largest absolute Gasteiger partial charge is 0.396 e. The van der Waals surface area contributed by atoms with Crippen molar-refractivity contribution in [2.45, 2.75) is 32.7 Å². The second kappa shape index (κ2) is 5.83. The van der Waals surface area contributed by atoms with Crippen LogP contribution in [0.15, 0.2) is 36.7 Å². The molecule has 2 rings (SSSR count). The standard InChI is InChI=1S/C15H20N2O/c1-3-17-10-13(9-16-17)8-15(11-18)14-6-4-5-12(2)7-14/h4-7,9-10,15,18H,3,8,11H2,1-2H3. The normalized spacial score (nSPS) is 12.6. The smallest absolute Gasteiger partial charge is 0.0521 e. The second-order valence-corrected chi connectivity index (χ2v) is 4.70. The lowest BCUT2D eigenvalue weighted by atomic mass is 9.93. The van der Waals surface area contributed by atoms with Gasteiger partial charge in [0.25, 0.3) is 0 Å². The number of benzene rings is 1. The Morgan fingerprint density at radius 1 is 1.39 bits per heavy atom. The molecule has 18 heavy (non-hydrogen) atoms. The van der Waals surface area contributed by atoms with Gasteiger partial charge in [-0.15, -0.1) is 0 Å². The molecule has 1 aromatic carbocycles. The lowest BCUT2D eigenvalue weighted by Gasteiger charge is -2.14. The van der Waals surface area contributed by atoms with Crippen LogP contribution >= 0.6 is 0 Å². The van der Waals surface area contributed by atoms with Gasteiger partial charge in [-0.25, -0.2) is 0 Å². The number of aryl methyl sites for hydroxylation is 2. The zero-order chi connectivity index (χ0) is 13.0. The average molecular weight is 244 g/mol. The maximum absolute atomic E-state index is 9.57. The van der Waals surface area contributed by atoms with Gasteiger partial charge in [-0.05, 0) is 31.4 Å². The van der Waals surface area contributed by atoms with Gasteiger partial charge in [-0.1, -0.05) is 29.8 Å². The molecule has 0 fully saturated rings. The molecule has 0 aliphatic rings. The summed E-state index contributed by atoms with van der Waals surface area (Å²) in [4.78, 5) is 0. The second-order valence-electron chi connectivity index (χ2n) is 4.70. The number of aromatic nitrogens is 2. The molecule has 0 aliphatic heterocycles. The zero-order valence-corrected chi connectivity index (χ0v) is 11.0. The van der Waals surface area contributed by atoms with E-state index in [0.717, 1.165) is 13.0 Å². The summed E-state index contributed by atoms with van der Waals surface area (Å²) in [6.45, 7) is 5.20. The molecule has 3 heteroatoms. The molecule has 0 radical (unpaired) electrons. The number of hydrogen-bond donors (Lipinski definition) is 1. The molecular weight excluding hydrogens is 224 g/mol. The van der Waals surface area contributed by atoms with Crippen LogP contribution in [0.5, 0.6) is 0 Å². The number of nitrogens with zero attached hydrogens (tertiary/aromatic N) is 2. The van der Waals surface area contributed by atoms with Crippen LogP contribution in [0.4, 0.5) is 0 Å². The first-order chi connectivity index (χ1) is 8.72. The molecule has 0 spiro atoms. The molecule has 3 nitrogen and oxygen atoms in total. The third-order valence-corrected chi connectivity index (χ3v) is 3.23. The molecule has 2 aromatic rings. The quantitative estimate of drug-likeness (QED) is 0.877. The minimum atomic E-state index is 0.152. The Balaban J connectivity index is 2.14. The summed E-state index contributed by atoms with van der Waals surface area (Å²) in [6.07, 6.45) is 4.78. The molecule has 1 aromatic heterocycles. The Bertz CT molecular complexity index is 505. The summed E-state index contributed by atoms with van der Waals surface area (Å²) in [5.41, 5.74) is 3.61. The highest BCUT2D eigenvalue weighted by molar-refractivity contribution is 5.27. The third kappa shape index (κ3) is 2.99. The zero-order valence-electron chi connectivity index (χ0n) is 11.0. The Labute approximate surface area is 108 Å². The fraction of sp³-hybridized carbons (Fsp3) is 0.400. The number of aliphatic hydroxyl groups is 1. The fourth-order valence-electron chi connectivity index (χ4n) is 2.18. The Morgan fingerprint density at radius 3 is 2.83 bits per heavy atom. The van der Waals surface area contributed by atoms with Gasteiger partial charge in [-0.3, -0.25) is 4.68 Å². The first kappa shape index (κ1) is 12.8. The summed E-state index contributed by atoms with van der Waals surface area (Å²) >= 11 is 0. The highest BCUT2D eigenvalue weighted by Crippen LogP contribution is 2.21. The van der Waals surface area contributed by atoms with E-state index in [1.165, 1.54) is 16.7 Å². The maximum Gasteiger partial charge on any atom is 0.0521 e. The van der Waals surface area contributed by atoms with Crippen molar-refractivity contribution in [1.29, 1.82) is 0 Å². The Kier molecular flexibility index (Phi) is 4.15. The first-order valence-corrected chi connectivity index (χ1v) is 6.41. The van der Waals surface area contributed by atoms with Gasteiger partial charge < -0.3 is 5.11 Å². The van der Waals surface area contributed by atoms with E-state index in [1.807, 2.05) is 16.9 Å². The van der Waals surface area contributed by atoms with E-state index in [4.69, 9.17) is 0 Å². The molecule has 1 N–H and O–H groups in total. The Morgan fingerprint density at radius 2 is 2.22 bits per heavy atom. The van der Waals surface area contributed by atoms with E-state index in [1.54, 1.807) is 0 Å². The highest BCUT2D eigenvalue weighted by Gasteiger charge is 2.12. The molecule has 96 valence electrons. The molecule has 1 atom stereocenters. The first-order valence-electron chi connectivity index (χ1n) is 6.41. The van der Waals surface area contributed by atoms with Crippen LogP contribution in [0.1, 0.15) is 29.5 Å². The predicted molar refractivity (Wildman–Crippen MR) is 72.6 cm³/mol. The van der Waals surface area contributed by atoms with Gasteiger partial charge in [0.15, 0.2) is 0 Å². The van der Waals surface area contributed by atoms with E-state index in [-0.39, 0.29) is 12.5 Å². The molecule has 0 saturated heterocycles. The van der Waals surface area contributed by atoms with E-state index < -0.39 is 0 Å². The molecular formula is C15H20N2O. The van der Waals surface area contributed by atoms with Crippen molar-refractivity contribution < 1.29 is 5.11 Å². The van der Waals surface area contributed by atoms with Crippen molar-refractivity contribution >= 4 is 0 Å². The van der Waals surface area contributed by atoms with Crippen molar-refractivity contribution in [3.63, 3.8) is 0 Å². The van der Waals surface area contributed by atoms with Crippen LogP contribution in [-0.4, -0.2) is 21.5 Å². The van der Waals surface area contributed by atoms with E-state index in [0.29, 0.717) is 0 Å². The monoisotopic (exact) mass is 244 g/mol. The van der Waals surface area contributed by atoms with Gasteiger partial charge >= 0.3 is 0 Å². The van der Waals surface area contributed by atoms with Crippen molar-refractivity contribution in [3.05, 3.63) is 53.3 Å². The van der Waals surface area contributed by atoms with Crippen LogP contribution in [0.2, 0.25) is 0 Å². The lowest BCUT2D eigenvalue weighted by molar-refractivity contribution is 0.264. The predicted octanol–water partition coefficient (Wildman–Crippen LogP) is 2.53. The van der Waals surface area contributed by atoms with Crippen LogP contribution in [0, 0.1) is 6.92 Å². The third-order valence-electron chi connectivity index (χ3n) is 3.23. The summed E-state index contributed by atoms with van der Waals surface area (Å²) in [5, 5.41) is 13.8. The Hall–Kier alpha value is -1.61. The van der Waals surface area contributed by atoms with Crippen LogP contribution in [0.3, 0.4) is 0 Å². The van der Waals surface area contributed by atoms with Gasteiger partial charge in [0.1, 0.15) is 0 Å². The molecule has 0 amide bonds. The van der Waals surface area contributed by atoms with E-state index in [9.17, 15) is 5.11 Å². The average Bonchev–Trinajstić information content (AvgIpc) is 2.83. The minimum absolute atomic E-state index is 0.152. The van der Waals surface area contributed by atoms with Gasteiger partial charge in [-0.2, -0.15) is 5.10 Å². The molecule has 0 saturated carbocycles. The van der Waals surface area contributed by atoms with Crippen molar-refractivity contribution in [2.24, 2.45) is 0 Å². The molecule has 0 aliphatic carbocycles. The van der Waals surface area contributed by atoms with E-state index in [2.05, 4.69) is 43.3 Å². The molecule has 0 bridgehead atoms. The SMILES string of the molecule is CCn1cc(CC(CO)c2cccc(C)c2)cn1. The lowest BCUT2D eigenvalue weighted by Crippen LogP contribution is -2.07. The topological polar surface area (TPSA) is 38.0 Å². The maximum atomic E-state index is 9.57. The van der Waals surface area contributed by atoms with Crippen LogP contribution < -0.4 is 0 Å². The summed E-state index contributed by atoms with van der Waals surface area (Å²) in [5.74, 6) is 0.152. The van der Waals surface area contributed by atoms with Crippen LogP contribution in [-0.2, 0) is 13.0 Å². The van der Waals surface area contributed by atoms with E-state index >= 15 is 0 Å². The summed E-state index contributed by atoms with van der Waals surface area (Å²) in [6, 6.07) is 8.35. The highest BCUT2D eigenvalue weighted by atomic mass is 16.3. The van der Waals surface area contributed by atoms with Crippen molar-refractivity contribution in [2.75, 3.05) is 6.61 Å². The van der Waals surface area contributed by atoms with Crippen LogP contribution in [0.25, 0.3) is 0 Å². The summed E-state index contributed by atoms with van der Waals surface area (Å²) < 4.78 is 1.92. The van der Waals surface area contributed by atoms with Gasteiger partial charge in [0, 0.05) is 18.7 Å². The molecule has 1 heterocycles.